The van der Waals surface area contributed by atoms with Crippen molar-refractivity contribution in [2.24, 2.45) is 5.92 Å². The highest BCUT2D eigenvalue weighted by atomic mass is 16.5. The third-order valence-corrected chi connectivity index (χ3v) is 3.86. The number of pyridine rings is 2. The molecule has 2 aromatic rings. The van der Waals surface area contributed by atoms with E-state index in [0.29, 0.717) is 5.92 Å². The van der Waals surface area contributed by atoms with Crippen molar-refractivity contribution in [1.82, 2.24) is 14.9 Å². The standard InChI is InChI=1S/C17H21N3O/c1-2-8-19-17(5-1)21-14-16-4-3-11-20(13-16)12-15-6-9-18-10-7-15/h1-2,5-10,16H,3-4,11-14H2. The van der Waals surface area contributed by atoms with Gasteiger partial charge in [-0.3, -0.25) is 9.88 Å². The zero-order chi connectivity index (χ0) is 14.3. The van der Waals surface area contributed by atoms with E-state index in [-0.39, 0.29) is 0 Å². The van der Waals surface area contributed by atoms with Gasteiger partial charge in [0.2, 0.25) is 5.88 Å². The van der Waals surface area contributed by atoms with Gasteiger partial charge in [-0.15, -0.1) is 0 Å². The van der Waals surface area contributed by atoms with Crippen molar-refractivity contribution in [3.63, 3.8) is 0 Å². The maximum atomic E-state index is 5.80. The van der Waals surface area contributed by atoms with E-state index >= 15 is 0 Å². The Hall–Kier alpha value is -1.94. The minimum absolute atomic E-state index is 0.586. The summed E-state index contributed by atoms with van der Waals surface area (Å²) in [5.74, 6) is 1.31. The van der Waals surface area contributed by atoms with Crippen LogP contribution in [0.4, 0.5) is 0 Å². The van der Waals surface area contributed by atoms with E-state index in [9.17, 15) is 0 Å². The van der Waals surface area contributed by atoms with Crippen LogP contribution in [0.5, 0.6) is 5.88 Å². The third kappa shape index (κ3) is 4.26. The van der Waals surface area contributed by atoms with Crippen molar-refractivity contribution < 1.29 is 4.74 Å². The maximum absolute atomic E-state index is 5.80. The summed E-state index contributed by atoms with van der Waals surface area (Å²) in [7, 11) is 0. The summed E-state index contributed by atoms with van der Waals surface area (Å²) in [6.07, 6.45) is 7.97. The van der Waals surface area contributed by atoms with E-state index in [4.69, 9.17) is 4.74 Å². The lowest BCUT2D eigenvalue weighted by atomic mass is 9.98. The van der Waals surface area contributed by atoms with Crippen LogP contribution < -0.4 is 4.74 Å². The number of ether oxygens (including phenoxy) is 1. The predicted octanol–water partition coefficient (Wildman–Crippen LogP) is 2.77. The molecule has 0 spiro atoms. The van der Waals surface area contributed by atoms with E-state index in [1.54, 1.807) is 6.20 Å². The lowest BCUT2D eigenvalue weighted by molar-refractivity contribution is 0.123. The SMILES string of the molecule is c1ccc(OCC2CCCN(Cc3ccncc3)C2)nc1. The average Bonchev–Trinajstić information content (AvgIpc) is 2.55. The molecule has 0 bridgehead atoms. The molecular formula is C17H21N3O. The number of hydrogen-bond acceptors (Lipinski definition) is 4. The summed E-state index contributed by atoms with van der Waals surface area (Å²) < 4.78 is 5.80. The molecule has 0 N–H and O–H groups in total. The maximum Gasteiger partial charge on any atom is 0.213 e. The Morgan fingerprint density at radius 3 is 2.86 bits per heavy atom. The summed E-state index contributed by atoms with van der Waals surface area (Å²) in [5, 5.41) is 0. The van der Waals surface area contributed by atoms with E-state index in [1.807, 2.05) is 30.6 Å². The second-order valence-electron chi connectivity index (χ2n) is 5.58. The van der Waals surface area contributed by atoms with Gasteiger partial charge in [-0.1, -0.05) is 6.07 Å². The highest BCUT2D eigenvalue weighted by Gasteiger charge is 2.20. The Labute approximate surface area is 125 Å². The fourth-order valence-electron chi connectivity index (χ4n) is 2.81. The van der Waals surface area contributed by atoms with Gasteiger partial charge in [-0.2, -0.15) is 0 Å². The monoisotopic (exact) mass is 283 g/mol. The molecule has 1 unspecified atom stereocenters. The minimum atomic E-state index is 0.586. The fraction of sp³-hybridized carbons (Fsp3) is 0.412. The Morgan fingerprint density at radius 1 is 1.14 bits per heavy atom. The van der Waals surface area contributed by atoms with Crippen molar-refractivity contribution >= 4 is 0 Å². The number of likely N-dealkylation sites (tertiary alicyclic amines) is 1. The van der Waals surface area contributed by atoms with Crippen LogP contribution in [0.15, 0.2) is 48.9 Å². The summed E-state index contributed by atoms with van der Waals surface area (Å²) in [6.45, 7) is 4.02. The van der Waals surface area contributed by atoms with Crippen LogP contribution in [-0.2, 0) is 6.54 Å². The van der Waals surface area contributed by atoms with Crippen LogP contribution in [0, 0.1) is 5.92 Å². The van der Waals surface area contributed by atoms with Crippen LogP contribution in [-0.4, -0.2) is 34.6 Å². The topological polar surface area (TPSA) is 38.2 Å². The van der Waals surface area contributed by atoms with Gasteiger partial charge in [-0.05, 0) is 43.1 Å². The van der Waals surface area contributed by atoms with Gasteiger partial charge in [0.25, 0.3) is 0 Å². The van der Waals surface area contributed by atoms with Gasteiger partial charge >= 0.3 is 0 Å². The van der Waals surface area contributed by atoms with Gasteiger partial charge in [0, 0.05) is 43.7 Å². The predicted molar refractivity (Wildman–Crippen MR) is 82.0 cm³/mol. The molecule has 1 aliphatic heterocycles. The molecule has 110 valence electrons. The molecule has 0 aromatic carbocycles. The van der Waals surface area contributed by atoms with Gasteiger partial charge in [0.15, 0.2) is 0 Å². The van der Waals surface area contributed by atoms with Crippen LogP contribution in [0.25, 0.3) is 0 Å². The zero-order valence-electron chi connectivity index (χ0n) is 12.2. The smallest absolute Gasteiger partial charge is 0.213 e. The van der Waals surface area contributed by atoms with Gasteiger partial charge in [0.1, 0.15) is 0 Å². The molecule has 1 saturated heterocycles. The van der Waals surface area contributed by atoms with E-state index in [0.717, 1.165) is 25.6 Å². The normalized spacial score (nSPS) is 19.3. The molecule has 1 fully saturated rings. The Kier molecular flexibility index (Phi) is 4.79. The highest BCUT2D eigenvalue weighted by Crippen LogP contribution is 2.19. The van der Waals surface area contributed by atoms with Crippen LogP contribution in [0.3, 0.4) is 0 Å². The average molecular weight is 283 g/mol. The van der Waals surface area contributed by atoms with Crippen molar-refractivity contribution in [1.29, 1.82) is 0 Å². The van der Waals surface area contributed by atoms with Crippen LogP contribution in [0.2, 0.25) is 0 Å². The van der Waals surface area contributed by atoms with Gasteiger partial charge < -0.3 is 4.74 Å². The molecule has 2 aromatic heterocycles. The molecule has 3 rings (SSSR count). The van der Waals surface area contributed by atoms with E-state index in [2.05, 4.69) is 27.0 Å². The van der Waals surface area contributed by atoms with E-state index in [1.165, 1.54) is 24.9 Å². The largest absolute Gasteiger partial charge is 0.477 e. The lowest BCUT2D eigenvalue weighted by Gasteiger charge is -2.32. The van der Waals surface area contributed by atoms with Gasteiger partial charge in [0.05, 0.1) is 6.61 Å². The number of hydrogen-bond donors (Lipinski definition) is 0. The lowest BCUT2D eigenvalue weighted by Crippen LogP contribution is -2.37. The molecule has 0 aliphatic carbocycles. The first-order chi connectivity index (χ1) is 10.4. The summed E-state index contributed by atoms with van der Waals surface area (Å²) in [5.41, 5.74) is 1.33. The quantitative estimate of drug-likeness (QED) is 0.845. The molecule has 3 heterocycles. The second-order valence-corrected chi connectivity index (χ2v) is 5.58. The fourth-order valence-corrected chi connectivity index (χ4v) is 2.81. The second kappa shape index (κ2) is 7.18. The number of piperidine rings is 1. The molecule has 4 heteroatoms. The van der Waals surface area contributed by atoms with Crippen LogP contribution >= 0.6 is 0 Å². The van der Waals surface area contributed by atoms with Gasteiger partial charge in [-0.25, -0.2) is 4.98 Å². The van der Waals surface area contributed by atoms with Crippen molar-refractivity contribution in [3.05, 3.63) is 54.5 Å². The van der Waals surface area contributed by atoms with Crippen molar-refractivity contribution in [2.75, 3.05) is 19.7 Å². The first-order valence-corrected chi connectivity index (χ1v) is 7.55. The molecular weight excluding hydrogens is 262 g/mol. The summed E-state index contributed by atoms with van der Waals surface area (Å²) in [6, 6.07) is 9.96. The molecule has 21 heavy (non-hydrogen) atoms. The molecule has 0 amide bonds. The molecule has 1 atom stereocenters. The summed E-state index contributed by atoms with van der Waals surface area (Å²) in [4.78, 5) is 10.8. The highest BCUT2D eigenvalue weighted by molar-refractivity contribution is 5.10. The van der Waals surface area contributed by atoms with Crippen molar-refractivity contribution in [2.45, 2.75) is 19.4 Å². The molecule has 1 aliphatic rings. The molecule has 0 radical (unpaired) electrons. The van der Waals surface area contributed by atoms with Crippen molar-refractivity contribution in [3.8, 4) is 5.88 Å². The number of nitrogens with zero attached hydrogens (tertiary/aromatic N) is 3. The zero-order valence-corrected chi connectivity index (χ0v) is 12.2. The number of rotatable bonds is 5. The van der Waals surface area contributed by atoms with Crippen LogP contribution in [0.1, 0.15) is 18.4 Å². The first-order valence-electron chi connectivity index (χ1n) is 7.55. The third-order valence-electron chi connectivity index (χ3n) is 3.86. The first kappa shape index (κ1) is 14.0. The molecule has 0 saturated carbocycles. The van der Waals surface area contributed by atoms with E-state index < -0.39 is 0 Å². The molecule has 4 nitrogen and oxygen atoms in total. The Bertz CT molecular complexity index is 532. The minimum Gasteiger partial charge on any atom is -0.477 e. The Morgan fingerprint density at radius 2 is 2.05 bits per heavy atom. The number of aromatic nitrogens is 2. The Balaban J connectivity index is 1.49. The summed E-state index contributed by atoms with van der Waals surface area (Å²) >= 11 is 0.